The van der Waals surface area contributed by atoms with Crippen LogP contribution in [0, 0.1) is 5.82 Å². The fourth-order valence-electron chi connectivity index (χ4n) is 2.58. The molecule has 0 saturated carbocycles. The number of hydrogen-bond donors (Lipinski definition) is 1. The van der Waals surface area contributed by atoms with Crippen molar-refractivity contribution in [3.63, 3.8) is 0 Å². The monoisotopic (exact) mass is 355 g/mol. The van der Waals surface area contributed by atoms with Gasteiger partial charge in [-0.3, -0.25) is 24.0 Å². The third-order valence-corrected chi connectivity index (χ3v) is 4.26. The predicted molar refractivity (Wildman–Crippen MR) is 76.3 cm³/mol. The number of aryl methyl sites for hydroxylation is 1. The van der Waals surface area contributed by atoms with Crippen LogP contribution < -0.4 is 11.0 Å². The summed E-state index contributed by atoms with van der Waals surface area (Å²) in [6, 6.07) is 1.90. The summed E-state index contributed by atoms with van der Waals surface area (Å²) in [4.78, 5) is 35.5. The van der Waals surface area contributed by atoms with Gasteiger partial charge in [0.2, 0.25) is 11.8 Å². The van der Waals surface area contributed by atoms with Crippen molar-refractivity contribution in [3.05, 3.63) is 32.9 Å². The van der Waals surface area contributed by atoms with Crippen molar-refractivity contribution < 1.29 is 14.0 Å². The predicted octanol–water partition coefficient (Wildman–Crippen LogP) is 1.22. The summed E-state index contributed by atoms with van der Waals surface area (Å²) in [5.74, 6) is -1.42. The number of imidazole rings is 1. The smallest absolute Gasteiger partial charge is 0.295 e. The molecule has 1 aromatic heterocycles. The fraction of sp³-hybridized carbons (Fsp3) is 0.308. The van der Waals surface area contributed by atoms with Gasteiger partial charge in [-0.2, -0.15) is 0 Å². The normalized spacial score (nSPS) is 19.1. The van der Waals surface area contributed by atoms with Gasteiger partial charge in [-0.05, 0) is 28.4 Å². The molecule has 1 aromatic carbocycles. The second-order valence-corrected chi connectivity index (χ2v) is 5.79. The number of aromatic nitrogens is 2. The molecule has 1 unspecified atom stereocenters. The van der Waals surface area contributed by atoms with Crippen LogP contribution in [0.25, 0.3) is 11.0 Å². The Kier molecular flexibility index (Phi) is 3.20. The highest BCUT2D eigenvalue weighted by molar-refractivity contribution is 9.10. The summed E-state index contributed by atoms with van der Waals surface area (Å²) in [6.45, 7) is 0. The van der Waals surface area contributed by atoms with E-state index in [0.29, 0.717) is 11.0 Å². The number of fused-ring (bicyclic) bond motifs is 1. The molecule has 3 rings (SSSR count). The Morgan fingerprint density at radius 1 is 1.29 bits per heavy atom. The minimum absolute atomic E-state index is 0.151. The first kappa shape index (κ1) is 14.0. The number of rotatable bonds is 1. The van der Waals surface area contributed by atoms with E-state index in [9.17, 15) is 18.8 Å². The van der Waals surface area contributed by atoms with Crippen LogP contribution in [-0.4, -0.2) is 20.9 Å². The van der Waals surface area contributed by atoms with Crippen LogP contribution in [-0.2, 0) is 16.6 Å². The van der Waals surface area contributed by atoms with Gasteiger partial charge < -0.3 is 0 Å². The summed E-state index contributed by atoms with van der Waals surface area (Å²) >= 11 is 3.08. The Morgan fingerprint density at radius 2 is 2.00 bits per heavy atom. The largest absolute Gasteiger partial charge is 0.329 e. The second-order valence-electron chi connectivity index (χ2n) is 4.93. The molecule has 110 valence electrons. The summed E-state index contributed by atoms with van der Waals surface area (Å²) in [5.41, 5.74) is 0.424. The van der Waals surface area contributed by atoms with E-state index in [0.717, 1.165) is 0 Å². The molecule has 6 nitrogen and oxygen atoms in total. The maximum atomic E-state index is 13.8. The molecular formula is C13H11BrFN3O3. The Balaban J connectivity index is 2.25. The van der Waals surface area contributed by atoms with Crippen molar-refractivity contribution in [3.8, 4) is 0 Å². The van der Waals surface area contributed by atoms with Crippen molar-refractivity contribution in [1.29, 1.82) is 0 Å². The molecule has 0 spiro atoms. The minimum Gasteiger partial charge on any atom is -0.295 e. The average Bonchev–Trinajstić information content (AvgIpc) is 2.64. The molecule has 2 amide bonds. The summed E-state index contributed by atoms with van der Waals surface area (Å²) < 4.78 is 16.6. The number of imide groups is 1. The first-order valence-corrected chi connectivity index (χ1v) is 7.09. The van der Waals surface area contributed by atoms with Gasteiger partial charge in [-0.15, -0.1) is 0 Å². The van der Waals surface area contributed by atoms with Crippen LogP contribution in [0.1, 0.15) is 18.9 Å². The highest BCUT2D eigenvalue weighted by Gasteiger charge is 2.31. The highest BCUT2D eigenvalue weighted by Crippen LogP contribution is 2.26. The van der Waals surface area contributed by atoms with E-state index in [1.165, 1.54) is 21.3 Å². The van der Waals surface area contributed by atoms with Gasteiger partial charge >= 0.3 is 5.69 Å². The third-order valence-electron chi connectivity index (χ3n) is 3.65. The molecule has 1 atom stereocenters. The van der Waals surface area contributed by atoms with Crippen molar-refractivity contribution in [2.75, 3.05) is 0 Å². The highest BCUT2D eigenvalue weighted by atomic mass is 79.9. The van der Waals surface area contributed by atoms with E-state index < -0.39 is 23.5 Å². The molecule has 21 heavy (non-hydrogen) atoms. The van der Waals surface area contributed by atoms with Crippen LogP contribution >= 0.6 is 15.9 Å². The van der Waals surface area contributed by atoms with Crippen LogP contribution in [0.3, 0.4) is 0 Å². The summed E-state index contributed by atoms with van der Waals surface area (Å²) in [5, 5.41) is 2.21. The van der Waals surface area contributed by atoms with Gasteiger partial charge in [0.1, 0.15) is 11.9 Å². The first-order chi connectivity index (χ1) is 9.90. The molecule has 0 aliphatic carbocycles. The zero-order valence-electron chi connectivity index (χ0n) is 11.0. The summed E-state index contributed by atoms with van der Waals surface area (Å²) in [7, 11) is 1.55. The molecule has 0 radical (unpaired) electrons. The Hall–Kier alpha value is -1.96. The SMILES string of the molecule is Cn1c(=O)n(C2CCC(=O)NC2=O)c2cc(F)c(Br)cc21. The van der Waals surface area contributed by atoms with Crippen LogP contribution in [0.2, 0.25) is 0 Å². The molecule has 1 fully saturated rings. The number of piperidine rings is 1. The maximum absolute atomic E-state index is 13.8. The van der Waals surface area contributed by atoms with Crippen molar-refractivity contribution >= 4 is 38.8 Å². The molecule has 8 heteroatoms. The zero-order chi connectivity index (χ0) is 15.3. The van der Waals surface area contributed by atoms with Crippen molar-refractivity contribution in [1.82, 2.24) is 14.5 Å². The van der Waals surface area contributed by atoms with Crippen LogP contribution in [0.5, 0.6) is 0 Å². The number of hydrogen-bond acceptors (Lipinski definition) is 3. The third kappa shape index (κ3) is 2.10. The molecule has 2 aromatic rings. The lowest BCUT2D eigenvalue weighted by Crippen LogP contribution is -2.44. The topological polar surface area (TPSA) is 73.1 Å². The lowest BCUT2D eigenvalue weighted by atomic mass is 10.1. The Labute approximate surface area is 126 Å². The van der Waals surface area contributed by atoms with E-state index >= 15 is 0 Å². The lowest BCUT2D eigenvalue weighted by Gasteiger charge is -2.21. The molecule has 2 heterocycles. The van der Waals surface area contributed by atoms with Gasteiger partial charge in [0.05, 0.1) is 15.5 Å². The van der Waals surface area contributed by atoms with E-state index in [1.807, 2.05) is 0 Å². The van der Waals surface area contributed by atoms with Gasteiger partial charge in [0.25, 0.3) is 0 Å². The molecule has 1 aliphatic heterocycles. The molecule has 1 N–H and O–H groups in total. The molecule has 1 aliphatic rings. The molecular weight excluding hydrogens is 345 g/mol. The standard InChI is InChI=1S/C13H11BrFN3O3/c1-17-9-4-6(14)7(15)5-10(9)18(13(17)21)8-2-3-11(19)16-12(8)20/h4-5,8H,2-3H2,1H3,(H,16,19,20). The van der Waals surface area contributed by atoms with E-state index in [2.05, 4.69) is 21.2 Å². The second kappa shape index (κ2) is 4.80. The molecule has 1 saturated heterocycles. The van der Waals surface area contributed by atoms with Crippen LogP contribution in [0.4, 0.5) is 4.39 Å². The van der Waals surface area contributed by atoms with Crippen LogP contribution in [0.15, 0.2) is 21.4 Å². The fourth-order valence-corrected chi connectivity index (χ4v) is 2.92. The number of halogens is 2. The van der Waals surface area contributed by atoms with Crippen molar-refractivity contribution in [2.24, 2.45) is 7.05 Å². The molecule has 0 bridgehead atoms. The lowest BCUT2D eigenvalue weighted by molar-refractivity contribution is -0.135. The van der Waals surface area contributed by atoms with E-state index in [-0.39, 0.29) is 23.2 Å². The van der Waals surface area contributed by atoms with Gasteiger partial charge in [-0.1, -0.05) is 0 Å². The first-order valence-electron chi connectivity index (χ1n) is 6.30. The number of carbonyl (C=O) groups is 2. The Morgan fingerprint density at radius 3 is 2.67 bits per heavy atom. The zero-order valence-corrected chi connectivity index (χ0v) is 12.6. The minimum atomic E-state index is -0.806. The van der Waals surface area contributed by atoms with Gasteiger partial charge in [0.15, 0.2) is 0 Å². The van der Waals surface area contributed by atoms with E-state index in [4.69, 9.17) is 0 Å². The summed E-state index contributed by atoms with van der Waals surface area (Å²) in [6.07, 6.45) is 0.375. The number of carbonyl (C=O) groups excluding carboxylic acids is 2. The Bertz CT molecular complexity index is 839. The maximum Gasteiger partial charge on any atom is 0.329 e. The van der Waals surface area contributed by atoms with Crippen molar-refractivity contribution in [2.45, 2.75) is 18.9 Å². The van der Waals surface area contributed by atoms with E-state index in [1.54, 1.807) is 7.05 Å². The number of benzene rings is 1. The van der Waals surface area contributed by atoms with Gasteiger partial charge in [0, 0.05) is 19.5 Å². The number of nitrogens with one attached hydrogen (secondary N) is 1. The van der Waals surface area contributed by atoms with Gasteiger partial charge in [-0.25, -0.2) is 9.18 Å². The number of amides is 2. The average molecular weight is 356 g/mol. The quantitative estimate of drug-likeness (QED) is 0.781. The number of nitrogens with zero attached hydrogens (tertiary/aromatic N) is 2.